The molecule has 1 aliphatic heterocycles. The second-order valence-electron chi connectivity index (χ2n) is 5.86. The Balaban J connectivity index is 2.81. The molecule has 8 heteroatoms. The Morgan fingerprint density at radius 3 is 2.43 bits per heavy atom. The molecule has 0 aromatic rings. The van der Waals surface area contributed by atoms with Gasteiger partial charge in [-0.15, -0.1) is 0 Å². The van der Waals surface area contributed by atoms with Crippen molar-refractivity contribution in [3.63, 3.8) is 0 Å². The Labute approximate surface area is 125 Å². The lowest BCUT2D eigenvalue weighted by Crippen LogP contribution is -2.45. The van der Waals surface area contributed by atoms with Crippen LogP contribution in [0.1, 0.15) is 40.5 Å². The van der Waals surface area contributed by atoms with Crippen LogP contribution in [0.3, 0.4) is 0 Å². The second kappa shape index (κ2) is 6.74. The lowest BCUT2D eigenvalue weighted by atomic mass is 10.2. The van der Waals surface area contributed by atoms with Gasteiger partial charge >= 0.3 is 11.9 Å². The van der Waals surface area contributed by atoms with Gasteiger partial charge in [-0.1, -0.05) is 0 Å². The molecule has 0 amide bonds. The average molecular weight is 321 g/mol. The van der Waals surface area contributed by atoms with E-state index < -0.39 is 39.4 Å². The Kier molecular flexibility index (Phi) is 5.75. The molecular formula is C13H23NO6S. The highest BCUT2D eigenvalue weighted by atomic mass is 32.2. The van der Waals surface area contributed by atoms with Gasteiger partial charge in [-0.2, -0.15) is 4.31 Å². The SMILES string of the molecule is CCOC(=O)CS(=O)(=O)N1CCC[C@H]1C(=O)OC(C)(C)C. The maximum atomic E-state index is 12.2. The molecule has 0 N–H and O–H groups in total. The number of hydrogen-bond donors (Lipinski definition) is 0. The first-order chi connectivity index (χ1) is 9.57. The standard InChI is InChI=1S/C13H23NO6S/c1-5-19-11(15)9-21(17,18)14-8-6-7-10(14)12(16)20-13(2,3)4/h10H,5-9H2,1-4H3/t10-/m0/s1. The minimum Gasteiger partial charge on any atom is -0.465 e. The van der Waals surface area contributed by atoms with E-state index in [1.165, 1.54) is 0 Å². The van der Waals surface area contributed by atoms with E-state index >= 15 is 0 Å². The first kappa shape index (κ1) is 17.9. The van der Waals surface area contributed by atoms with Crippen LogP contribution < -0.4 is 0 Å². The van der Waals surface area contributed by atoms with Gasteiger partial charge in [0.25, 0.3) is 0 Å². The van der Waals surface area contributed by atoms with E-state index in [-0.39, 0.29) is 13.2 Å². The Morgan fingerprint density at radius 1 is 1.29 bits per heavy atom. The van der Waals surface area contributed by atoms with Gasteiger partial charge in [0, 0.05) is 6.54 Å². The highest BCUT2D eigenvalue weighted by Crippen LogP contribution is 2.24. The largest absolute Gasteiger partial charge is 0.465 e. The Morgan fingerprint density at radius 2 is 1.90 bits per heavy atom. The third-order valence-electron chi connectivity index (χ3n) is 2.85. The summed E-state index contributed by atoms with van der Waals surface area (Å²) in [5, 5.41) is 0. The van der Waals surface area contributed by atoms with E-state index in [1.807, 2.05) is 0 Å². The quantitative estimate of drug-likeness (QED) is 0.692. The van der Waals surface area contributed by atoms with Gasteiger partial charge < -0.3 is 9.47 Å². The number of ether oxygens (including phenoxy) is 2. The molecule has 21 heavy (non-hydrogen) atoms. The third-order valence-corrected chi connectivity index (χ3v) is 4.60. The number of carbonyl (C=O) groups excluding carboxylic acids is 2. The summed E-state index contributed by atoms with van der Waals surface area (Å²) >= 11 is 0. The predicted molar refractivity (Wildman–Crippen MR) is 76.0 cm³/mol. The molecule has 0 bridgehead atoms. The average Bonchev–Trinajstić information content (AvgIpc) is 2.75. The van der Waals surface area contributed by atoms with Gasteiger partial charge in [0.15, 0.2) is 5.75 Å². The van der Waals surface area contributed by atoms with Crippen LogP contribution in [-0.4, -0.2) is 55.2 Å². The maximum absolute atomic E-state index is 12.2. The molecule has 0 spiro atoms. The highest BCUT2D eigenvalue weighted by Gasteiger charge is 2.41. The first-order valence-corrected chi connectivity index (χ1v) is 8.56. The summed E-state index contributed by atoms with van der Waals surface area (Å²) in [5.41, 5.74) is -0.684. The van der Waals surface area contributed by atoms with Crippen molar-refractivity contribution < 1.29 is 27.5 Å². The lowest BCUT2D eigenvalue weighted by molar-refractivity contribution is -0.158. The molecule has 1 saturated heterocycles. The van der Waals surface area contributed by atoms with Crippen LogP contribution in [0.25, 0.3) is 0 Å². The van der Waals surface area contributed by atoms with E-state index in [0.29, 0.717) is 12.8 Å². The maximum Gasteiger partial charge on any atom is 0.324 e. The van der Waals surface area contributed by atoms with Crippen molar-refractivity contribution in [1.82, 2.24) is 4.31 Å². The van der Waals surface area contributed by atoms with Crippen LogP contribution in [0, 0.1) is 0 Å². The molecule has 1 heterocycles. The number of hydrogen-bond acceptors (Lipinski definition) is 6. The van der Waals surface area contributed by atoms with E-state index in [4.69, 9.17) is 4.74 Å². The molecule has 1 rings (SSSR count). The van der Waals surface area contributed by atoms with Crippen LogP contribution in [-0.2, 0) is 29.1 Å². The Bertz CT molecular complexity index is 493. The van der Waals surface area contributed by atoms with E-state index in [0.717, 1.165) is 4.31 Å². The van der Waals surface area contributed by atoms with Crippen LogP contribution in [0.15, 0.2) is 0 Å². The number of rotatable bonds is 5. The summed E-state index contributed by atoms with van der Waals surface area (Å²) < 4.78 is 35.4. The van der Waals surface area contributed by atoms with Gasteiger partial charge in [0.05, 0.1) is 6.61 Å². The van der Waals surface area contributed by atoms with E-state index in [1.54, 1.807) is 27.7 Å². The van der Waals surface area contributed by atoms with Crippen molar-refractivity contribution in [1.29, 1.82) is 0 Å². The summed E-state index contributed by atoms with van der Waals surface area (Å²) in [4.78, 5) is 23.5. The zero-order chi connectivity index (χ0) is 16.3. The van der Waals surface area contributed by atoms with Crippen molar-refractivity contribution in [3.05, 3.63) is 0 Å². The molecule has 0 radical (unpaired) electrons. The number of nitrogens with zero attached hydrogens (tertiary/aromatic N) is 1. The first-order valence-electron chi connectivity index (χ1n) is 6.95. The molecule has 7 nitrogen and oxygen atoms in total. The lowest BCUT2D eigenvalue weighted by Gasteiger charge is -2.26. The fourth-order valence-electron chi connectivity index (χ4n) is 2.11. The smallest absolute Gasteiger partial charge is 0.324 e. The highest BCUT2D eigenvalue weighted by molar-refractivity contribution is 7.89. The van der Waals surface area contributed by atoms with E-state index in [2.05, 4.69) is 4.74 Å². The van der Waals surface area contributed by atoms with Crippen molar-refractivity contribution in [3.8, 4) is 0 Å². The normalized spacial score (nSPS) is 20.3. The van der Waals surface area contributed by atoms with E-state index in [9.17, 15) is 18.0 Å². The predicted octanol–water partition coefficient (Wildman–Crippen LogP) is 0.685. The second-order valence-corrected chi connectivity index (χ2v) is 7.78. The fourth-order valence-corrected chi connectivity index (χ4v) is 3.65. The van der Waals surface area contributed by atoms with Crippen molar-refractivity contribution in [2.45, 2.75) is 52.2 Å². The minimum atomic E-state index is -3.87. The van der Waals surface area contributed by atoms with Gasteiger partial charge in [0.2, 0.25) is 10.0 Å². The third kappa shape index (κ3) is 5.28. The summed E-state index contributed by atoms with van der Waals surface area (Å²) in [7, 11) is -3.87. The minimum absolute atomic E-state index is 0.115. The summed E-state index contributed by atoms with van der Waals surface area (Å²) in [6, 6.07) is -0.858. The molecule has 1 fully saturated rings. The van der Waals surface area contributed by atoms with Crippen molar-refractivity contribution in [2.75, 3.05) is 18.9 Å². The van der Waals surface area contributed by atoms with Crippen LogP contribution in [0.4, 0.5) is 0 Å². The van der Waals surface area contributed by atoms with Crippen molar-refractivity contribution >= 4 is 22.0 Å². The van der Waals surface area contributed by atoms with Crippen LogP contribution >= 0.6 is 0 Å². The van der Waals surface area contributed by atoms with Gasteiger partial charge in [-0.3, -0.25) is 9.59 Å². The number of sulfonamides is 1. The molecule has 0 saturated carbocycles. The number of carbonyl (C=O) groups is 2. The summed E-state index contributed by atoms with van der Waals surface area (Å²) in [6.07, 6.45) is 0.961. The monoisotopic (exact) mass is 321 g/mol. The van der Waals surface area contributed by atoms with Crippen LogP contribution in [0.5, 0.6) is 0 Å². The molecule has 122 valence electrons. The van der Waals surface area contributed by atoms with Gasteiger partial charge in [0.1, 0.15) is 11.6 Å². The summed E-state index contributed by atoms with van der Waals surface area (Å²) in [5.74, 6) is -2.14. The van der Waals surface area contributed by atoms with Gasteiger partial charge in [-0.25, -0.2) is 8.42 Å². The molecule has 1 aliphatic rings. The zero-order valence-electron chi connectivity index (χ0n) is 12.9. The fraction of sp³-hybridized carbons (Fsp3) is 0.846. The zero-order valence-corrected chi connectivity index (χ0v) is 13.7. The van der Waals surface area contributed by atoms with Crippen LogP contribution in [0.2, 0.25) is 0 Å². The molecule has 0 aliphatic carbocycles. The molecule has 0 aromatic carbocycles. The molecule has 0 aromatic heterocycles. The topological polar surface area (TPSA) is 90.0 Å². The van der Waals surface area contributed by atoms with Gasteiger partial charge in [-0.05, 0) is 40.5 Å². The molecular weight excluding hydrogens is 298 g/mol. The molecule has 1 atom stereocenters. The summed E-state index contributed by atoms with van der Waals surface area (Å²) in [6.45, 7) is 7.09. The number of esters is 2. The Hall–Kier alpha value is -1.15. The molecule has 0 unspecified atom stereocenters. The van der Waals surface area contributed by atoms with Crippen molar-refractivity contribution in [2.24, 2.45) is 0 Å².